The number of benzene rings is 1. The number of rotatable bonds is 8. The molecule has 5 fully saturated rings. The first-order valence-corrected chi connectivity index (χ1v) is 16.9. The van der Waals surface area contributed by atoms with Crippen LogP contribution in [-0.4, -0.2) is 82.1 Å². The summed E-state index contributed by atoms with van der Waals surface area (Å²) in [4.78, 5) is 48.1. The summed E-state index contributed by atoms with van der Waals surface area (Å²) in [6.07, 6.45) is 4.76. The van der Waals surface area contributed by atoms with Gasteiger partial charge < -0.3 is 38.1 Å². The van der Waals surface area contributed by atoms with Crippen LogP contribution in [0.4, 0.5) is 4.79 Å². The Morgan fingerprint density at radius 3 is 2.38 bits per heavy atom. The highest BCUT2D eigenvalue weighted by Crippen LogP contribution is 2.65. The molecule has 0 radical (unpaired) electrons. The van der Waals surface area contributed by atoms with Crippen LogP contribution in [0.25, 0.3) is 0 Å². The van der Waals surface area contributed by atoms with E-state index in [1.807, 2.05) is 0 Å². The lowest BCUT2D eigenvalue weighted by atomic mass is 9.43. The SMILES string of the molecule is CC(C)(C)OC(=O)Oc1c(CCB2O[C@@H]3C[C@@H]4C[C@@H](C4(C)C)[C@]3(C)O2)ccc(OC2CN(C(=O)c3ncc[nH]3)C2)c1C(=O)OC(C)(C)C. The Bertz CT molecular complexity index is 1560. The fourth-order valence-electron chi connectivity index (χ4n) is 7.63. The second kappa shape index (κ2) is 12.1. The molecule has 0 unspecified atom stereocenters. The molecule has 1 N–H and O–H groups in total. The van der Waals surface area contributed by atoms with Crippen LogP contribution in [0.3, 0.4) is 0 Å². The zero-order valence-electron chi connectivity index (χ0n) is 29.5. The number of nitrogens with one attached hydrogen (secondary N) is 1. The number of hydrogen-bond donors (Lipinski definition) is 1. The minimum atomic E-state index is -0.960. The van der Waals surface area contributed by atoms with E-state index < -0.39 is 36.5 Å². The average molecular weight is 666 g/mol. The number of carbonyl (C=O) groups excluding carboxylic acids is 3. The summed E-state index contributed by atoms with van der Waals surface area (Å²) >= 11 is 0. The summed E-state index contributed by atoms with van der Waals surface area (Å²) in [5.41, 5.74) is -1.26. The minimum absolute atomic E-state index is 0.00357. The number of carbonyl (C=O) groups is 3. The topological polar surface area (TPSA) is 139 Å². The van der Waals surface area contributed by atoms with Crippen molar-refractivity contribution in [2.75, 3.05) is 13.1 Å². The second-order valence-electron chi connectivity index (χ2n) is 16.3. The zero-order chi connectivity index (χ0) is 34.8. The highest BCUT2D eigenvalue weighted by molar-refractivity contribution is 6.45. The lowest BCUT2D eigenvalue weighted by Gasteiger charge is -2.64. The number of aromatic amines is 1. The maximum Gasteiger partial charge on any atom is 0.514 e. The van der Waals surface area contributed by atoms with Crippen LogP contribution in [0.15, 0.2) is 24.5 Å². The quantitative estimate of drug-likeness (QED) is 0.208. The molecule has 2 aliphatic heterocycles. The first-order valence-electron chi connectivity index (χ1n) is 16.9. The number of nitrogens with zero attached hydrogens (tertiary/aromatic N) is 2. The van der Waals surface area contributed by atoms with Crippen LogP contribution in [-0.2, 0) is 25.2 Å². The molecule has 1 aromatic heterocycles. The van der Waals surface area contributed by atoms with Crippen molar-refractivity contribution in [1.29, 1.82) is 0 Å². The number of amides is 1. The predicted molar refractivity (Wildman–Crippen MR) is 176 cm³/mol. The van der Waals surface area contributed by atoms with E-state index >= 15 is 0 Å². The molecule has 1 aromatic carbocycles. The number of hydrogen-bond acceptors (Lipinski definition) is 10. The van der Waals surface area contributed by atoms with Crippen LogP contribution in [0.5, 0.6) is 11.5 Å². The van der Waals surface area contributed by atoms with Gasteiger partial charge in [0.05, 0.1) is 24.8 Å². The van der Waals surface area contributed by atoms with E-state index in [1.165, 1.54) is 6.20 Å². The summed E-state index contributed by atoms with van der Waals surface area (Å²) in [6.45, 7) is 17.9. The molecule has 2 saturated heterocycles. The highest BCUT2D eigenvalue weighted by atomic mass is 16.7. The van der Waals surface area contributed by atoms with Gasteiger partial charge in [0.15, 0.2) is 11.6 Å². The number of ether oxygens (including phenoxy) is 4. The van der Waals surface area contributed by atoms with E-state index in [1.54, 1.807) is 64.8 Å². The van der Waals surface area contributed by atoms with Gasteiger partial charge in [-0.15, -0.1) is 0 Å². The van der Waals surface area contributed by atoms with Crippen molar-refractivity contribution in [3.63, 3.8) is 0 Å². The minimum Gasteiger partial charge on any atom is -0.486 e. The van der Waals surface area contributed by atoms with Crippen molar-refractivity contribution in [3.8, 4) is 11.5 Å². The number of esters is 1. The summed E-state index contributed by atoms with van der Waals surface area (Å²) in [5.74, 6) is 0.518. The summed E-state index contributed by atoms with van der Waals surface area (Å²) < 4.78 is 36.5. The van der Waals surface area contributed by atoms with Gasteiger partial charge in [-0.3, -0.25) is 4.79 Å². The molecule has 2 bridgehead atoms. The monoisotopic (exact) mass is 665 g/mol. The molecule has 1 amide bonds. The van der Waals surface area contributed by atoms with Gasteiger partial charge in [0, 0.05) is 12.4 Å². The molecular weight excluding hydrogens is 617 g/mol. The predicted octanol–water partition coefficient (Wildman–Crippen LogP) is 5.85. The first-order chi connectivity index (χ1) is 22.3. The molecule has 3 aliphatic carbocycles. The molecule has 3 heterocycles. The van der Waals surface area contributed by atoms with Crippen LogP contribution in [0.1, 0.15) is 102 Å². The first kappa shape index (κ1) is 34.3. The van der Waals surface area contributed by atoms with Crippen LogP contribution in [0, 0.1) is 17.3 Å². The molecule has 7 rings (SSSR count). The molecular formula is C35H48BN3O9. The Labute approximate surface area is 282 Å². The van der Waals surface area contributed by atoms with Crippen molar-refractivity contribution in [2.45, 2.75) is 117 Å². The van der Waals surface area contributed by atoms with Gasteiger partial charge in [0.25, 0.3) is 5.91 Å². The van der Waals surface area contributed by atoms with E-state index in [4.69, 9.17) is 28.3 Å². The van der Waals surface area contributed by atoms with Crippen molar-refractivity contribution in [1.82, 2.24) is 14.9 Å². The van der Waals surface area contributed by atoms with Crippen molar-refractivity contribution >= 4 is 25.2 Å². The molecule has 48 heavy (non-hydrogen) atoms. The number of likely N-dealkylation sites (tertiary alicyclic amines) is 1. The standard InChI is InChI=1S/C35H48BN3O9/c1-32(2,3)45-30(41)26-23(43-22-18-39(19-22)29(40)28-37-14-15-38-28)11-10-20(27(26)44-31(42)46-33(4,5)6)12-13-36-47-25-17-21-16-24(34(21,7)8)35(25,9)48-36/h10-11,14-15,21-22,24-25H,12-13,16-19H2,1-9H3,(H,37,38)/t21-,24-,25+,35-/m0/s1. The van der Waals surface area contributed by atoms with Crippen molar-refractivity contribution in [3.05, 3.63) is 41.5 Å². The Kier molecular flexibility index (Phi) is 8.63. The summed E-state index contributed by atoms with van der Waals surface area (Å²) in [6, 6.07) is 3.46. The number of aromatic nitrogens is 2. The lowest BCUT2D eigenvalue weighted by molar-refractivity contribution is -0.199. The largest absolute Gasteiger partial charge is 0.514 e. The lowest BCUT2D eigenvalue weighted by Crippen LogP contribution is -2.65. The van der Waals surface area contributed by atoms with E-state index in [0.29, 0.717) is 30.1 Å². The average Bonchev–Trinajstić information content (AvgIpc) is 3.59. The molecule has 2 aromatic rings. The normalized spacial score (nSPS) is 26.2. The van der Waals surface area contributed by atoms with Gasteiger partial charge >= 0.3 is 19.2 Å². The molecule has 0 spiro atoms. The molecule has 13 heteroatoms. The zero-order valence-corrected chi connectivity index (χ0v) is 29.5. The third kappa shape index (κ3) is 6.68. The third-order valence-electron chi connectivity index (χ3n) is 10.2. The van der Waals surface area contributed by atoms with Crippen LogP contribution in [0.2, 0.25) is 6.32 Å². The number of H-pyrrole nitrogens is 1. The van der Waals surface area contributed by atoms with Crippen molar-refractivity contribution in [2.24, 2.45) is 17.3 Å². The van der Waals surface area contributed by atoms with Gasteiger partial charge in [-0.2, -0.15) is 0 Å². The van der Waals surface area contributed by atoms with Gasteiger partial charge in [-0.1, -0.05) is 19.9 Å². The second-order valence-corrected chi connectivity index (χ2v) is 16.3. The Morgan fingerprint density at radius 2 is 1.75 bits per heavy atom. The number of imidazole rings is 1. The molecule has 3 saturated carbocycles. The van der Waals surface area contributed by atoms with Gasteiger partial charge in [-0.25, -0.2) is 14.6 Å². The fraction of sp³-hybridized carbons (Fsp3) is 0.657. The van der Waals surface area contributed by atoms with E-state index in [-0.39, 0.29) is 59.0 Å². The van der Waals surface area contributed by atoms with E-state index in [2.05, 4.69) is 30.7 Å². The van der Waals surface area contributed by atoms with Crippen LogP contribution >= 0.6 is 0 Å². The number of aryl methyl sites for hydroxylation is 1. The molecule has 4 atom stereocenters. The Balaban J connectivity index is 1.26. The van der Waals surface area contributed by atoms with Gasteiger partial charge in [-0.05, 0) is 103 Å². The van der Waals surface area contributed by atoms with Crippen LogP contribution < -0.4 is 9.47 Å². The summed E-state index contributed by atoms with van der Waals surface area (Å²) in [7, 11) is -0.446. The smallest absolute Gasteiger partial charge is 0.486 e. The van der Waals surface area contributed by atoms with Crippen molar-refractivity contribution < 1.29 is 42.6 Å². The van der Waals surface area contributed by atoms with Gasteiger partial charge in [0.2, 0.25) is 0 Å². The maximum atomic E-state index is 13.9. The van der Waals surface area contributed by atoms with E-state index in [9.17, 15) is 14.4 Å². The van der Waals surface area contributed by atoms with Gasteiger partial charge in [0.1, 0.15) is 28.6 Å². The maximum absolute atomic E-state index is 13.9. The molecule has 260 valence electrons. The third-order valence-corrected chi connectivity index (χ3v) is 10.2. The Hall–Kier alpha value is -3.58. The Morgan fingerprint density at radius 1 is 1.04 bits per heavy atom. The molecule has 5 aliphatic rings. The highest BCUT2D eigenvalue weighted by Gasteiger charge is 2.67. The molecule has 12 nitrogen and oxygen atoms in total. The van der Waals surface area contributed by atoms with E-state index in [0.717, 1.165) is 12.8 Å². The fourth-order valence-corrected chi connectivity index (χ4v) is 7.63. The summed E-state index contributed by atoms with van der Waals surface area (Å²) in [5, 5.41) is 0.